The van der Waals surface area contributed by atoms with Crippen molar-refractivity contribution in [3.63, 3.8) is 0 Å². The van der Waals surface area contributed by atoms with Crippen molar-refractivity contribution < 1.29 is 32.7 Å². The van der Waals surface area contributed by atoms with E-state index in [9.17, 15) is 28.4 Å². The molecule has 0 unspecified atom stereocenters. The second-order valence-electron chi connectivity index (χ2n) is 19.3. The SMILES string of the molecule is [C-]#[N+]c1nc(NCC2CCC(C)(O)CC2)c([N+](=O)[O-])cc1S(=O)(=O)NC(=O)c1ccc(N2CCC3(CC2)CC(N2CCOC[C@H]2c2ccccc2C(C)C)C3)cc1Oc1cnc2[nH]ccc2c1. The van der Waals surface area contributed by atoms with Gasteiger partial charge in [0.15, 0.2) is 0 Å². The summed E-state index contributed by atoms with van der Waals surface area (Å²) in [6.07, 6.45) is 9.97. The number of pyridine rings is 2. The van der Waals surface area contributed by atoms with E-state index in [1.807, 2.05) is 10.8 Å². The summed E-state index contributed by atoms with van der Waals surface area (Å²) in [6.45, 7) is 18.2. The number of aromatic amines is 1. The maximum Gasteiger partial charge on any atom is 0.335 e. The van der Waals surface area contributed by atoms with Gasteiger partial charge in [-0.25, -0.2) is 18.1 Å². The second kappa shape index (κ2) is 18.5. The topological polar surface area (TPSA) is 210 Å². The molecule has 9 rings (SSSR count). The van der Waals surface area contributed by atoms with E-state index < -0.39 is 42.9 Å². The number of ether oxygens (including phenoxy) is 2. The van der Waals surface area contributed by atoms with Crippen molar-refractivity contribution in [2.24, 2.45) is 11.3 Å². The van der Waals surface area contributed by atoms with Crippen molar-refractivity contribution in [2.45, 2.75) is 101 Å². The third-order valence-electron chi connectivity index (χ3n) is 14.5. The van der Waals surface area contributed by atoms with Gasteiger partial charge in [0.2, 0.25) is 0 Å². The lowest BCUT2D eigenvalue weighted by molar-refractivity contribution is -0.384. The van der Waals surface area contributed by atoms with Crippen LogP contribution in [0.15, 0.2) is 78.0 Å². The summed E-state index contributed by atoms with van der Waals surface area (Å²) in [5.41, 5.74) is 2.85. The number of aromatic nitrogens is 3. The average Bonchev–Trinajstić information content (AvgIpc) is 3.78. The Labute approximate surface area is 390 Å². The number of anilines is 2. The zero-order valence-electron chi connectivity index (χ0n) is 38.0. The lowest BCUT2D eigenvalue weighted by Crippen LogP contribution is -2.58. The van der Waals surface area contributed by atoms with Crippen LogP contribution in [0.25, 0.3) is 15.9 Å². The second-order valence-corrected chi connectivity index (χ2v) is 21.0. The predicted molar refractivity (Wildman–Crippen MR) is 253 cm³/mol. The molecule has 2 saturated carbocycles. The Morgan fingerprint density at radius 1 is 1.09 bits per heavy atom. The number of nitrogens with one attached hydrogen (secondary N) is 3. The monoisotopic (exact) mass is 931 g/mol. The van der Waals surface area contributed by atoms with E-state index in [0.717, 1.165) is 69.1 Å². The minimum Gasteiger partial charge on any atom is -0.455 e. The number of hydrogen-bond acceptors (Lipinski definition) is 13. The van der Waals surface area contributed by atoms with Crippen LogP contribution >= 0.6 is 0 Å². The van der Waals surface area contributed by atoms with Gasteiger partial charge in [0, 0.05) is 61.6 Å². The number of nitro groups is 1. The number of morpholine rings is 1. The van der Waals surface area contributed by atoms with E-state index in [4.69, 9.17) is 16.0 Å². The lowest BCUT2D eigenvalue weighted by atomic mass is 9.59. The van der Waals surface area contributed by atoms with Gasteiger partial charge in [0.25, 0.3) is 27.6 Å². The number of nitrogens with zero attached hydrogens (tertiary/aromatic N) is 6. The molecular weight excluding hydrogens is 875 g/mol. The van der Waals surface area contributed by atoms with Gasteiger partial charge in [-0.2, -0.15) is 0 Å². The summed E-state index contributed by atoms with van der Waals surface area (Å²) in [4.78, 5) is 44.5. The molecule has 3 aromatic heterocycles. The molecule has 1 amide bonds. The van der Waals surface area contributed by atoms with E-state index in [0.29, 0.717) is 55.6 Å². The van der Waals surface area contributed by atoms with Gasteiger partial charge in [0.05, 0.1) is 41.5 Å². The highest BCUT2D eigenvalue weighted by Crippen LogP contribution is 2.53. The fourth-order valence-electron chi connectivity index (χ4n) is 10.6. The van der Waals surface area contributed by atoms with Crippen molar-refractivity contribution >= 4 is 50.0 Å². The third kappa shape index (κ3) is 9.69. The zero-order valence-corrected chi connectivity index (χ0v) is 38.9. The van der Waals surface area contributed by atoms with Gasteiger partial charge >= 0.3 is 5.69 Å². The quantitative estimate of drug-likeness (QED) is 0.0496. The molecular formula is C49H57N9O8S. The van der Waals surface area contributed by atoms with E-state index in [-0.39, 0.29) is 41.1 Å². The molecule has 4 aliphatic rings. The van der Waals surface area contributed by atoms with Crippen molar-refractivity contribution in [1.82, 2.24) is 24.6 Å². The van der Waals surface area contributed by atoms with Crippen LogP contribution in [0, 0.1) is 28.0 Å². The number of benzene rings is 2. The summed E-state index contributed by atoms with van der Waals surface area (Å²) < 4.78 is 42.3. The van der Waals surface area contributed by atoms with Crippen LogP contribution in [0.4, 0.5) is 23.0 Å². The number of H-pyrrole nitrogens is 1. The molecule has 67 heavy (non-hydrogen) atoms. The molecule has 352 valence electrons. The maximum absolute atomic E-state index is 14.1. The van der Waals surface area contributed by atoms with Crippen LogP contribution in [0.3, 0.4) is 0 Å². The fourth-order valence-corrected chi connectivity index (χ4v) is 11.6. The Morgan fingerprint density at radius 3 is 2.58 bits per heavy atom. The Kier molecular flexibility index (Phi) is 12.7. The van der Waals surface area contributed by atoms with E-state index in [1.54, 1.807) is 31.3 Å². The average molecular weight is 932 g/mol. The van der Waals surface area contributed by atoms with Crippen LogP contribution in [0.1, 0.15) is 106 Å². The number of aliphatic hydroxyl groups is 1. The Hall–Kier alpha value is -6.13. The normalized spacial score (nSPS) is 22.3. The molecule has 5 heterocycles. The van der Waals surface area contributed by atoms with Crippen molar-refractivity contribution in [2.75, 3.05) is 49.6 Å². The number of rotatable bonds is 13. The molecule has 5 aromatic rings. The van der Waals surface area contributed by atoms with Crippen LogP contribution in [-0.2, 0) is 14.8 Å². The van der Waals surface area contributed by atoms with E-state index >= 15 is 0 Å². The molecule has 4 N–H and O–H groups in total. The van der Waals surface area contributed by atoms with Crippen LogP contribution in [-0.4, -0.2) is 95.2 Å². The van der Waals surface area contributed by atoms with Crippen LogP contribution in [0.2, 0.25) is 0 Å². The molecule has 17 nitrogen and oxygen atoms in total. The highest BCUT2D eigenvalue weighted by molar-refractivity contribution is 7.90. The number of carbonyl (C=O) groups excluding carboxylic acids is 1. The Balaban J connectivity index is 0.921. The largest absolute Gasteiger partial charge is 0.455 e. The Bertz CT molecular complexity index is 2820. The first-order chi connectivity index (χ1) is 32.1. The smallest absolute Gasteiger partial charge is 0.335 e. The summed E-state index contributed by atoms with van der Waals surface area (Å²) >= 11 is 0. The molecule has 2 aliphatic carbocycles. The van der Waals surface area contributed by atoms with Gasteiger partial charge in [-0.05, 0) is 111 Å². The lowest BCUT2D eigenvalue weighted by Gasteiger charge is -2.57. The maximum atomic E-state index is 14.1. The summed E-state index contributed by atoms with van der Waals surface area (Å²) in [5, 5.41) is 26.3. The number of sulfonamides is 1. The minimum atomic E-state index is -4.89. The third-order valence-corrected chi connectivity index (χ3v) is 15.8. The first kappa shape index (κ1) is 46.0. The summed E-state index contributed by atoms with van der Waals surface area (Å²) in [6, 6.07) is 18.8. The molecule has 0 radical (unpaired) electrons. The highest BCUT2D eigenvalue weighted by Gasteiger charge is 2.50. The summed E-state index contributed by atoms with van der Waals surface area (Å²) in [7, 11) is -4.89. The number of amides is 1. The van der Waals surface area contributed by atoms with Crippen LogP contribution < -0.4 is 19.7 Å². The van der Waals surface area contributed by atoms with E-state index in [1.165, 1.54) is 23.4 Å². The molecule has 4 fully saturated rings. The molecule has 2 aromatic carbocycles. The first-order valence-corrected chi connectivity index (χ1v) is 24.6. The number of fused-ring (bicyclic) bond motifs is 1. The number of hydrogen-bond donors (Lipinski definition) is 4. The Morgan fingerprint density at radius 2 is 1.85 bits per heavy atom. The molecule has 18 heteroatoms. The van der Waals surface area contributed by atoms with E-state index in [2.05, 4.69) is 73.0 Å². The highest BCUT2D eigenvalue weighted by atomic mass is 32.2. The molecule has 1 spiro atoms. The predicted octanol–water partition coefficient (Wildman–Crippen LogP) is 8.63. The fraction of sp³-hybridized carbons (Fsp3) is 0.469. The van der Waals surface area contributed by atoms with Crippen molar-refractivity contribution in [3.8, 4) is 11.5 Å². The minimum absolute atomic E-state index is 0.0733. The van der Waals surface area contributed by atoms with Crippen molar-refractivity contribution in [1.29, 1.82) is 0 Å². The van der Waals surface area contributed by atoms with Gasteiger partial charge in [0.1, 0.15) is 22.0 Å². The van der Waals surface area contributed by atoms with Gasteiger partial charge < -0.3 is 34.6 Å². The molecule has 2 saturated heterocycles. The van der Waals surface area contributed by atoms with Crippen LogP contribution in [0.5, 0.6) is 11.5 Å². The first-order valence-electron chi connectivity index (χ1n) is 23.1. The molecule has 1 atom stereocenters. The number of piperidine rings is 1. The standard InChI is InChI=1S/C49H57N9O8S/c1-31(2)37-7-5-6-8-38(37)41-30-65-22-21-57(41)35-26-49(27-35)16-19-56(20-17-49)34-9-10-39(42(24-34)66-36-23-33-13-18-51-44(33)53-29-36)47(59)55-67(63,64)43-25-40(58(61)62)45(54-46(43)50-4)52-28-32-11-14-48(3,60)15-12-32/h5-10,13,18,23-25,29,31-32,35,41,60H,11-12,14-17,19-22,26-28,30H2,1-3H3,(H,51,53)(H,52,54)(H,55,59)/t32?,41-,48?/m0/s1. The van der Waals surface area contributed by atoms with Gasteiger partial charge in [-0.1, -0.05) is 49.7 Å². The van der Waals surface area contributed by atoms with Gasteiger partial charge in [-0.3, -0.25) is 19.8 Å². The number of carbonyl (C=O) groups is 1. The molecule has 0 bridgehead atoms. The van der Waals surface area contributed by atoms with Gasteiger partial charge in [-0.15, -0.1) is 0 Å². The zero-order chi connectivity index (χ0) is 47.1. The molecule has 2 aliphatic heterocycles. The van der Waals surface area contributed by atoms with Crippen molar-refractivity contribution in [3.05, 3.63) is 111 Å². The summed E-state index contributed by atoms with van der Waals surface area (Å²) in [5.74, 6) is -1.07.